The fourth-order valence-corrected chi connectivity index (χ4v) is 7.31. The zero-order valence-corrected chi connectivity index (χ0v) is 41.7. The van der Waals surface area contributed by atoms with Crippen LogP contribution in [0.15, 0.2) is 100 Å². The summed E-state index contributed by atoms with van der Waals surface area (Å²) >= 11 is 0. The zero-order valence-electron chi connectivity index (χ0n) is 41.7. The van der Waals surface area contributed by atoms with Crippen molar-refractivity contribution >= 4 is 40.6 Å². The molecule has 5 rings (SSSR count). The summed E-state index contributed by atoms with van der Waals surface area (Å²) in [6, 6.07) is 2.19. The van der Waals surface area contributed by atoms with Crippen LogP contribution in [-0.2, 0) is 9.59 Å². The van der Waals surface area contributed by atoms with Gasteiger partial charge in [-0.05, 0) is 50.5 Å². The molecule has 2 amide bonds. The van der Waals surface area contributed by atoms with Gasteiger partial charge in [0.25, 0.3) is 5.56 Å². The molecule has 1 unspecified atom stereocenters. The number of carbonyl (C=O) groups is 2. The number of piperazine rings is 1. The lowest BCUT2D eigenvalue weighted by Crippen LogP contribution is -2.50. The molecule has 2 aliphatic carbocycles. The van der Waals surface area contributed by atoms with Crippen LogP contribution < -0.4 is 21.4 Å². The van der Waals surface area contributed by atoms with Crippen molar-refractivity contribution in [2.24, 2.45) is 4.99 Å². The SMILES string of the molecule is C#C.C/C=C1/C=CC=CCC1=NC.C=C/C=c1/ncc2ccc(=O)n(C3C=CC(N(CC)CCCNC(=O)CN4CCN(C(C)=O)CC4)=C(C(F)(F)F)C3)c2/c1=C/CCC.CC.CC.CC. The van der Waals surface area contributed by atoms with Crippen LogP contribution in [-0.4, -0.2) is 107 Å². The molecule has 1 fully saturated rings. The van der Waals surface area contributed by atoms with Crippen LogP contribution in [0.5, 0.6) is 0 Å². The molecule has 0 radical (unpaired) electrons. The topological polar surface area (TPSA) is 103 Å². The lowest BCUT2D eigenvalue weighted by Gasteiger charge is -2.33. The number of allylic oxidation sites excluding steroid dienone is 10. The number of nitrogens with zero attached hydrogens (tertiary/aromatic N) is 6. The van der Waals surface area contributed by atoms with E-state index in [1.807, 2.05) is 79.5 Å². The van der Waals surface area contributed by atoms with E-state index in [1.165, 1.54) is 29.2 Å². The summed E-state index contributed by atoms with van der Waals surface area (Å²) in [4.78, 5) is 51.5. The van der Waals surface area contributed by atoms with E-state index < -0.39 is 24.2 Å². The van der Waals surface area contributed by atoms with E-state index in [9.17, 15) is 27.6 Å². The van der Waals surface area contributed by atoms with Crippen molar-refractivity contribution in [3.63, 3.8) is 0 Å². The van der Waals surface area contributed by atoms with Gasteiger partial charge in [-0.15, -0.1) is 12.8 Å². The van der Waals surface area contributed by atoms with E-state index in [0.29, 0.717) is 80.1 Å². The summed E-state index contributed by atoms with van der Waals surface area (Å²) in [7, 11) is 1.84. The number of unbranched alkanes of at least 4 members (excludes halogenated alkanes) is 1. The Bertz CT molecular complexity index is 2200. The molecule has 13 heteroatoms. The fraction of sp³-hybridized carbons (Fsp3) is 0.491. The van der Waals surface area contributed by atoms with Gasteiger partial charge in [0.2, 0.25) is 11.8 Å². The number of amides is 2. The quantitative estimate of drug-likeness (QED) is 0.169. The molecule has 10 nitrogen and oxygen atoms in total. The first-order valence-electron chi connectivity index (χ1n) is 23.5. The van der Waals surface area contributed by atoms with Gasteiger partial charge in [-0.25, -0.2) is 0 Å². The molecule has 0 spiro atoms. The maximum atomic E-state index is 14.7. The van der Waals surface area contributed by atoms with Crippen LogP contribution in [0, 0.1) is 12.8 Å². The van der Waals surface area contributed by atoms with Crippen molar-refractivity contribution in [2.45, 2.75) is 114 Å². The fourth-order valence-electron chi connectivity index (χ4n) is 7.31. The Morgan fingerprint density at radius 2 is 1.70 bits per heavy atom. The number of pyridine rings is 2. The van der Waals surface area contributed by atoms with Crippen molar-refractivity contribution < 1.29 is 22.8 Å². The second kappa shape index (κ2) is 33.7. The van der Waals surface area contributed by atoms with Crippen molar-refractivity contribution in [1.82, 2.24) is 29.6 Å². The zero-order chi connectivity index (χ0) is 50.2. The Morgan fingerprint density at radius 3 is 2.26 bits per heavy atom. The minimum absolute atomic E-state index is 0.0218. The maximum absolute atomic E-state index is 14.7. The van der Waals surface area contributed by atoms with Gasteiger partial charge in [-0.1, -0.05) is 110 Å². The first kappa shape index (κ1) is 60.3. The minimum atomic E-state index is -4.61. The number of hydrogen-bond donors (Lipinski definition) is 1. The first-order chi connectivity index (χ1) is 31.9. The molecule has 0 bridgehead atoms. The molecule has 1 aliphatic heterocycles. The number of aliphatic imine (C=N–C) groups is 1. The van der Waals surface area contributed by atoms with Gasteiger partial charge in [0.1, 0.15) is 0 Å². The van der Waals surface area contributed by atoms with E-state index in [4.69, 9.17) is 0 Å². The molecular formula is C53H78F3N7O3. The third kappa shape index (κ3) is 18.6. The molecule has 1 saturated heterocycles. The van der Waals surface area contributed by atoms with E-state index >= 15 is 0 Å². The number of carbonyl (C=O) groups excluding carboxylic acids is 2. The van der Waals surface area contributed by atoms with Crippen molar-refractivity contribution in [3.05, 3.63) is 111 Å². The molecule has 0 aromatic carbocycles. The second-order valence-corrected chi connectivity index (χ2v) is 14.3. The van der Waals surface area contributed by atoms with E-state index in [1.54, 1.807) is 47.2 Å². The molecule has 1 atom stereocenters. The molecule has 364 valence electrons. The van der Waals surface area contributed by atoms with E-state index in [2.05, 4.69) is 59.0 Å². The van der Waals surface area contributed by atoms with Gasteiger partial charge in [0.05, 0.1) is 29.0 Å². The van der Waals surface area contributed by atoms with Gasteiger partial charge in [0.15, 0.2) is 0 Å². The van der Waals surface area contributed by atoms with Gasteiger partial charge in [0, 0.05) is 107 Å². The number of fused-ring (bicyclic) bond motifs is 1. The molecule has 3 heterocycles. The summed E-state index contributed by atoms with van der Waals surface area (Å²) in [5, 5.41) is 4.85. The van der Waals surface area contributed by atoms with Gasteiger partial charge < -0.3 is 19.7 Å². The highest BCUT2D eigenvalue weighted by Gasteiger charge is 2.40. The number of hydrogen-bond acceptors (Lipinski definition) is 7. The van der Waals surface area contributed by atoms with Crippen molar-refractivity contribution in [1.29, 1.82) is 0 Å². The standard InChI is InChI=1S/C35H45F3N6O3.C10H13N.3C2H6.C2H2/c1-5-8-11-28-30(10-6-2)40-23-26-12-15-33(47)44(34(26)28)27-13-14-31(29(22-27)35(36,37)38)42(7-3)17-9-16-39-32(46)24-41-18-20-43(21-19-41)25(4)45;1-3-9-7-5-4-6-8-10(9)11-2;4*1-2/h6,10-15,23,27H,2,5,7-9,16-22,24H2,1,3-4H3,(H,39,46);3-7H,8H2,1-2H3;3*1-2H3;1-2H/b28-11+,30-10+;9-3-,11-10?;;;;. The highest BCUT2D eigenvalue weighted by molar-refractivity contribution is 6.03. The van der Waals surface area contributed by atoms with Gasteiger partial charge in [-0.3, -0.25) is 29.3 Å². The Labute approximate surface area is 393 Å². The summed E-state index contributed by atoms with van der Waals surface area (Å²) in [6.45, 7) is 26.8. The second-order valence-electron chi connectivity index (χ2n) is 14.3. The van der Waals surface area contributed by atoms with Gasteiger partial charge in [-0.2, -0.15) is 13.2 Å². The van der Waals surface area contributed by atoms with Crippen LogP contribution in [0.1, 0.15) is 107 Å². The normalized spacial score (nSPS) is 17.4. The molecule has 66 heavy (non-hydrogen) atoms. The Kier molecular flexibility index (Phi) is 30.8. The largest absolute Gasteiger partial charge is 0.414 e. The third-order valence-corrected chi connectivity index (χ3v) is 10.4. The average Bonchev–Trinajstić information content (AvgIpc) is 3.59. The summed E-state index contributed by atoms with van der Waals surface area (Å²) in [5.74, 6) is -0.131. The molecular weight excluding hydrogens is 840 g/mol. The Morgan fingerprint density at radius 1 is 1.03 bits per heavy atom. The number of aromatic nitrogens is 2. The Hall–Kier alpha value is -5.74. The molecule has 3 aliphatic rings. The van der Waals surface area contributed by atoms with Gasteiger partial charge >= 0.3 is 6.18 Å². The maximum Gasteiger partial charge on any atom is 0.414 e. The molecule has 2 aromatic heterocycles. The monoisotopic (exact) mass is 918 g/mol. The predicted octanol–water partition coefficient (Wildman–Crippen LogP) is 9.10. The van der Waals surface area contributed by atoms with Crippen molar-refractivity contribution in [2.75, 3.05) is 59.4 Å². The molecule has 1 N–H and O–H groups in total. The number of nitrogens with one attached hydrogen (secondary N) is 1. The molecule has 2 aromatic rings. The number of likely N-dealkylation sites (N-methyl/N-ethyl adjacent to an activating group) is 1. The lowest BCUT2D eigenvalue weighted by atomic mass is 9.95. The smallest absolute Gasteiger partial charge is 0.372 e. The summed E-state index contributed by atoms with van der Waals surface area (Å²) in [5.41, 5.74) is 1.96. The predicted molar refractivity (Wildman–Crippen MR) is 273 cm³/mol. The number of alkyl halides is 3. The minimum Gasteiger partial charge on any atom is -0.372 e. The van der Waals surface area contributed by atoms with Crippen LogP contribution in [0.2, 0.25) is 0 Å². The third-order valence-electron chi connectivity index (χ3n) is 10.4. The van der Waals surface area contributed by atoms with E-state index in [0.717, 1.165) is 18.6 Å². The summed E-state index contributed by atoms with van der Waals surface area (Å²) in [6.07, 6.45) is 26.5. The first-order valence-corrected chi connectivity index (χ1v) is 23.5. The average molecular weight is 918 g/mol. The number of rotatable bonds is 12. The summed E-state index contributed by atoms with van der Waals surface area (Å²) < 4.78 is 45.5. The molecule has 0 saturated carbocycles. The number of halogens is 3. The van der Waals surface area contributed by atoms with E-state index in [-0.39, 0.29) is 29.6 Å². The van der Waals surface area contributed by atoms with Crippen molar-refractivity contribution in [3.8, 4) is 12.8 Å². The highest BCUT2D eigenvalue weighted by atomic mass is 19.4. The van der Waals surface area contributed by atoms with Crippen LogP contribution in [0.25, 0.3) is 23.1 Å². The van der Waals surface area contributed by atoms with Crippen LogP contribution in [0.3, 0.4) is 0 Å². The lowest BCUT2D eigenvalue weighted by molar-refractivity contribution is -0.131. The Balaban J connectivity index is 0.00000188. The van der Waals surface area contributed by atoms with Crippen LogP contribution >= 0.6 is 0 Å². The highest BCUT2D eigenvalue weighted by Crippen LogP contribution is 2.39. The number of terminal acetylenes is 1. The van der Waals surface area contributed by atoms with Crippen LogP contribution in [0.4, 0.5) is 13.2 Å².